The normalized spacial score (nSPS) is 13.6. The number of amides is 2. The number of rotatable bonds is 9. The number of nitrogens with one attached hydrogen (secondary N) is 2. The van der Waals surface area contributed by atoms with Crippen molar-refractivity contribution in [2.75, 3.05) is 6.79 Å². The summed E-state index contributed by atoms with van der Waals surface area (Å²) >= 11 is 0. The third-order valence-electron chi connectivity index (χ3n) is 4.82. The summed E-state index contributed by atoms with van der Waals surface area (Å²) in [5.41, 5.74) is 7.43. The SMILES string of the molecule is Cc1ccc(S(=O)(=O)N[C@@H](CCC(N)=O)C(=O)NCc2ccc3c(c2)OCO3)c(C)c1. The van der Waals surface area contributed by atoms with E-state index in [-0.39, 0.29) is 31.1 Å². The van der Waals surface area contributed by atoms with E-state index in [1.54, 1.807) is 37.3 Å². The lowest BCUT2D eigenvalue weighted by Crippen LogP contribution is -2.47. The second-order valence-corrected chi connectivity index (χ2v) is 9.04. The molecule has 4 N–H and O–H groups in total. The Morgan fingerprint density at radius 1 is 1.10 bits per heavy atom. The summed E-state index contributed by atoms with van der Waals surface area (Å²) in [6, 6.07) is 8.99. The molecule has 0 radical (unpaired) electrons. The highest BCUT2D eigenvalue weighted by atomic mass is 32.2. The fourth-order valence-electron chi connectivity index (χ4n) is 3.25. The van der Waals surface area contributed by atoms with Crippen molar-refractivity contribution >= 4 is 21.8 Å². The minimum atomic E-state index is -3.99. The molecule has 166 valence electrons. The van der Waals surface area contributed by atoms with Gasteiger partial charge in [0.15, 0.2) is 11.5 Å². The zero-order chi connectivity index (χ0) is 22.6. The second-order valence-electron chi connectivity index (χ2n) is 7.35. The molecule has 9 nitrogen and oxygen atoms in total. The molecule has 10 heteroatoms. The van der Waals surface area contributed by atoms with E-state index in [9.17, 15) is 18.0 Å². The summed E-state index contributed by atoms with van der Waals surface area (Å²) in [7, 11) is -3.99. The lowest BCUT2D eigenvalue weighted by atomic mass is 10.1. The molecule has 2 aromatic carbocycles. The number of hydrogen-bond acceptors (Lipinski definition) is 6. The van der Waals surface area contributed by atoms with E-state index >= 15 is 0 Å². The Morgan fingerprint density at radius 2 is 1.84 bits per heavy atom. The molecule has 1 heterocycles. The molecule has 0 spiro atoms. The van der Waals surface area contributed by atoms with E-state index in [0.717, 1.165) is 11.1 Å². The third-order valence-corrected chi connectivity index (χ3v) is 6.45. The highest BCUT2D eigenvalue weighted by molar-refractivity contribution is 7.89. The molecule has 0 saturated carbocycles. The molecule has 3 rings (SSSR count). The smallest absolute Gasteiger partial charge is 0.241 e. The van der Waals surface area contributed by atoms with Gasteiger partial charge >= 0.3 is 0 Å². The molecule has 0 aliphatic carbocycles. The molecule has 0 bridgehead atoms. The molecule has 2 amide bonds. The predicted octanol–water partition coefficient (Wildman–Crippen LogP) is 1.26. The minimum Gasteiger partial charge on any atom is -0.454 e. The zero-order valence-corrected chi connectivity index (χ0v) is 18.1. The number of hydrogen-bond donors (Lipinski definition) is 3. The molecule has 0 saturated heterocycles. The quantitative estimate of drug-likeness (QED) is 0.529. The van der Waals surface area contributed by atoms with E-state index in [4.69, 9.17) is 15.2 Å². The first-order valence-corrected chi connectivity index (χ1v) is 11.2. The molecule has 0 unspecified atom stereocenters. The van der Waals surface area contributed by atoms with Crippen LogP contribution < -0.4 is 25.2 Å². The van der Waals surface area contributed by atoms with Gasteiger partial charge in [-0.2, -0.15) is 4.72 Å². The maximum atomic E-state index is 12.9. The molecule has 1 aliphatic rings. The fraction of sp³-hybridized carbons (Fsp3) is 0.333. The van der Waals surface area contributed by atoms with Gasteiger partial charge in [-0.25, -0.2) is 8.42 Å². The molecular weight excluding hydrogens is 422 g/mol. The summed E-state index contributed by atoms with van der Waals surface area (Å²) in [6.07, 6.45) is -0.204. The summed E-state index contributed by atoms with van der Waals surface area (Å²) in [4.78, 5) is 24.1. The first-order chi connectivity index (χ1) is 14.7. The number of nitrogens with two attached hydrogens (primary N) is 1. The molecular formula is C21H25N3O6S. The van der Waals surface area contributed by atoms with Crippen LogP contribution in [0.2, 0.25) is 0 Å². The lowest BCUT2D eigenvalue weighted by molar-refractivity contribution is -0.123. The number of carbonyl (C=O) groups is 2. The van der Waals surface area contributed by atoms with Gasteiger partial charge in [0.1, 0.15) is 6.04 Å². The Bertz CT molecular complexity index is 1100. The standard InChI is InChI=1S/C21H25N3O6S/c1-13-3-7-19(14(2)9-13)31(27,28)24-16(5-8-20(22)25)21(26)23-11-15-4-6-17-18(10-15)30-12-29-17/h3-4,6-7,9-10,16,24H,5,8,11-12H2,1-2H3,(H2,22,25)(H,23,26)/t16-/m0/s1. The molecule has 0 fully saturated rings. The number of aryl methyl sites for hydroxylation is 2. The summed E-state index contributed by atoms with van der Waals surface area (Å²) in [5, 5.41) is 2.70. The number of sulfonamides is 1. The van der Waals surface area contributed by atoms with Gasteiger partial charge in [0.05, 0.1) is 4.90 Å². The number of ether oxygens (including phenoxy) is 2. The van der Waals surface area contributed by atoms with Gasteiger partial charge in [-0.15, -0.1) is 0 Å². The van der Waals surface area contributed by atoms with Crippen LogP contribution in [0.3, 0.4) is 0 Å². The van der Waals surface area contributed by atoms with Crippen molar-refractivity contribution in [1.29, 1.82) is 0 Å². The largest absolute Gasteiger partial charge is 0.454 e. The van der Waals surface area contributed by atoms with Crippen LogP contribution in [0.25, 0.3) is 0 Å². The van der Waals surface area contributed by atoms with Crippen LogP contribution >= 0.6 is 0 Å². The van der Waals surface area contributed by atoms with E-state index in [2.05, 4.69) is 10.0 Å². The fourth-order valence-corrected chi connectivity index (χ4v) is 4.70. The Kier molecular flexibility index (Phi) is 6.81. The van der Waals surface area contributed by atoms with Gasteiger partial charge in [-0.1, -0.05) is 23.8 Å². The summed E-state index contributed by atoms with van der Waals surface area (Å²) in [5.74, 6) is 0.00903. The predicted molar refractivity (Wildman–Crippen MR) is 113 cm³/mol. The Balaban J connectivity index is 1.73. The van der Waals surface area contributed by atoms with Crippen molar-refractivity contribution in [2.24, 2.45) is 5.73 Å². The van der Waals surface area contributed by atoms with E-state index < -0.39 is 27.9 Å². The van der Waals surface area contributed by atoms with Crippen LogP contribution in [0.15, 0.2) is 41.3 Å². The Hall–Kier alpha value is -3.11. The van der Waals surface area contributed by atoms with E-state index in [1.165, 1.54) is 6.07 Å². The van der Waals surface area contributed by atoms with E-state index in [1.807, 2.05) is 6.92 Å². The second kappa shape index (κ2) is 9.36. The molecule has 1 atom stereocenters. The van der Waals surface area contributed by atoms with Gasteiger partial charge in [0, 0.05) is 13.0 Å². The van der Waals surface area contributed by atoms with Gasteiger partial charge in [-0.3, -0.25) is 9.59 Å². The zero-order valence-electron chi connectivity index (χ0n) is 17.3. The van der Waals surface area contributed by atoms with Crippen molar-refractivity contribution in [3.63, 3.8) is 0 Å². The first-order valence-electron chi connectivity index (χ1n) is 9.70. The van der Waals surface area contributed by atoms with Crippen LogP contribution in [0.4, 0.5) is 0 Å². The molecule has 0 aromatic heterocycles. The van der Waals surface area contributed by atoms with Gasteiger partial charge in [-0.05, 0) is 49.6 Å². The van der Waals surface area contributed by atoms with Gasteiger partial charge in [0.2, 0.25) is 28.6 Å². The third kappa shape index (κ3) is 5.74. The van der Waals surface area contributed by atoms with Crippen molar-refractivity contribution < 1.29 is 27.5 Å². The van der Waals surface area contributed by atoms with E-state index in [0.29, 0.717) is 17.1 Å². The summed E-state index contributed by atoms with van der Waals surface area (Å²) < 4.78 is 38.8. The number of carbonyl (C=O) groups excluding carboxylic acids is 2. The van der Waals surface area contributed by atoms with Crippen molar-refractivity contribution in [1.82, 2.24) is 10.0 Å². The van der Waals surface area contributed by atoms with Crippen LogP contribution in [0.5, 0.6) is 11.5 Å². The molecule has 31 heavy (non-hydrogen) atoms. The van der Waals surface area contributed by atoms with Crippen LogP contribution in [-0.4, -0.2) is 33.1 Å². The van der Waals surface area contributed by atoms with Crippen molar-refractivity contribution in [2.45, 2.75) is 44.2 Å². The summed E-state index contributed by atoms with van der Waals surface area (Å²) in [6.45, 7) is 3.82. The van der Waals surface area contributed by atoms with Crippen LogP contribution in [0, 0.1) is 13.8 Å². The number of benzene rings is 2. The van der Waals surface area contributed by atoms with Gasteiger partial charge in [0.25, 0.3) is 0 Å². The first kappa shape index (κ1) is 22.6. The molecule has 1 aliphatic heterocycles. The average molecular weight is 448 g/mol. The Morgan fingerprint density at radius 3 is 2.55 bits per heavy atom. The number of primary amides is 1. The lowest BCUT2D eigenvalue weighted by Gasteiger charge is -2.19. The molecule has 2 aromatic rings. The average Bonchev–Trinajstić information content (AvgIpc) is 3.16. The monoisotopic (exact) mass is 447 g/mol. The highest BCUT2D eigenvalue weighted by Crippen LogP contribution is 2.32. The maximum Gasteiger partial charge on any atom is 0.241 e. The van der Waals surface area contributed by atoms with Crippen molar-refractivity contribution in [3.8, 4) is 11.5 Å². The topological polar surface area (TPSA) is 137 Å². The van der Waals surface area contributed by atoms with Crippen LogP contribution in [0.1, 0.15) is 29.5 Å². The number of fused-ring (bicyclic) bond motifs is 1. The van der Waals surface area contributed by atoms with Gasteiger partial charge < -0.3 is 20.5 Å². The highest BCUT2D eigenvalue weighted by Gasteiger charge is 2.27. The van der Waals surface area contributed by atoms with Crippen molar-refractivity contribution in [3.05, 3.63) is 53.1 Å². The minimum absolute atomic E-state index is 0.0631. The van der Waals surface area contributed by atoms with Crippen LogP contribution in [-0.2, 0) is 26.2 Å². The Labute approximate surface area is 181 Å². The maximum absolute atomic E-state index is 12.9.